The number of fused-ring (bicyclic) bond motifs is 2. The minimum atomic E-state index is 0.779. The molecule has 0 radical (unpaired) electrons. The van der Waals surface area contributed by atoms with Crippen LogP contribution in [0.1, 0.15) is 71.6 Å². The van der Waals surface area contributed by atoms with Crippen LogP contribution in [0.3, 0.4) is 0 Å². The van der Waals surface area contributed by atoms with Crippen molar-refractivity contribution in [3.63, 3.8) is 0 Å². The number of rotatable bonds is 4. The van der Waals surface area contributed by atoms with Crippen molar-refractivity contribution in [2.75, 3.05) is 0 Å². The maximum Gasteiger partial charge on any atom is 0.00723 e. The Hall–Kier alpha value is -0.0400. The molecule has 0 aromatic carbocycles. The van der Waals surface area contributed by atoms with E-state index in [0.29, 0.717) is 0 Å². The van der Waals surface area contributed by atoms with Crippen molar-refractivity contribution in [2.24, 2.45) is 23.7 Å². The molecular weight excluding hydrogens is 218 g/mol. The molecule has 6 unspecified atom stereocenters. The van der Waals surface area contributed by atoms with Gasteiger partial charge in [-0.3, -0.25) is 0 Å². The molecule has 1 heteroatoms. The van der Waals surface area contributed by atoms with Gasteiger partial charge in [0.15, 0.2) is 0 Å². The molecule has 2 bridgehead atoms. The minimum Gasteiger partial charge on any atom is -0.311 e. The monoisotopic (exact) mass is 249 g/mol. The molecule has 0 spiro atoms. The van der Waals surface area contributed by atoms with Gasteiger partial charge in [0, 0.05) is 12.1 Å². The molecule has 0 aromatic rings. The van der Waals surface area contributed by atoms with Crippen LogP contribution in [0.25, 0.3) is 0 Å². The van der Waals surface area contributed by atoms with E-state index in [4.69, 9.17) is 0 Å². The number of nitrogens with one attached hydrogen (secondary N) is 1. The highest BCUT2D eigenvalue weighted by Crippen LogP contribution is 2.49. The van der Waals surface area contributed by atoms with Gasteiger partial charge in [-0.15, -0.1) is 0 Å². The van der Waals surface area contributed by atoms with Gasteiger partial charge in [0.2, 0.25) is 0 Å². The van der Waals surface area contributed by atoms with E-state index in [2.05, 4.69) is 19.2 Å². The van der Waals surface area contributed by atoms with Crippen LogP contribution in [0.15, 0.2) is 0 Å². The molecule has 0 saturated heterocycles. The topological polar surface area (TPSA) is 12.0 Å². The van der Waals surface area contributed by atoms with E-state index < -0.39 is 0 Å². The van der Waals surface area contributed by atoms with Gasteiger partial charge < -0.3 is 5.32 Å². The molecule has 1 N–H and O–H groups in total. The molecule has 3 aliphatic rings. The average Bonchev–Trinajstić information content (AvgIpc) is 3.01. The van der Waals surface area contributed by atoms with Crippen molar-refractivity contribution < 1.29 is 0 Å². The Balaban J connectivity index is 1.50. The van der Waals surface area contributed by atoms with E-state index in [1.54, 1.807) is 6.42 Å². The van der Waals surface area contributed by atoms with Crippen molar-refractivity contribution >= 4 is 0 Å². The molecule has 6 atom stereocenters. The zero-order valence-electron chi connectivity index (χ0n) is 12.3. The minimum absolute atomic E-state index is 0.779. The van der Waals surface area contributed by atoms with Crippen molar-refractivity contribution in [3.05, 3.63) is 0 Å². The number of hydrogen-bond donors (Lipinski definition) is 1. The Morgan fingerprint density at radius 1 is 1.06 bits per heavy atom. The fourth-order valence-corrected chi connectivity index (χ4v) is 5.21. The zero-order valence-corrected chi connectivity index (χ0v) is 12.3. The van der Waals surface area contributed by atoms with Gasteiger partial charge in [0.1, 0.15) is 0 Å². The Bertz CT molecular complexity index is 275. The van der Waals surface area contributed by atoms with Crippen molar-refractivity contribution in [1.82, 2.24) is 5.32 Å². The summed E-state index contributed by atoms with van der Waals surface area (Å²) >= 11 is 0. The van der Waals surface area contributed by atoms with E-state index in [9.17, 15) is 0 Å². The standard InChI is InChI=1S/C17H31N/c1-3-13-5-4-6-16(10-13)18-12(2)17-11-14-7-8-15(17)9-14/h12-18H,3-11H2,1-2H3. The van der Waals surface area contributed by atoms with Crippen LogP contribution < -0.4 is 5.32 Å². The lowest BCUT2D eigenvalue weighted by Gasteiger charge is -2.35. The summed E-state index contributed by atoms with van der Waals surface area (Å²) in [6.07, 6.45) is 13.4. The second-order valence-electron chi connectivity index (χ2n) is 7.43. The molecular formula is C17H31N. The van der Waals surface area contributed by atoms with Crippen LogP contribution >= 0.6 is 0 Å². The van der Waals surface area contributed by atoms with Crippen LogP contribution in [0.2, 0.25) is 0 Å². The largest absolute Gasteiger partial charge is 0.311 e. The molecule has 0 amide bonds. The normalized spacial score (nSPS) is 45.3. The van der Waals surface area contributed by atoms with Crippen molar-refractivity contribution in [3.8, 4) is 0 Å². The third kappa shape index (κ3) is 2.61. The molecule has 104 valence electrons. The van der Waals surface area contributed by atoms with Crippen molar-refractivity contribution in [1.29, 1.82) is 0 Å². The maximum absolute atomic E-state index is 4.01. The second-order valence-corrected chi connectivity index (χ2v) is 7.43. The number of hydrogen-bond acceptors (Lipinski definition) is 1. The van der Waals surface area contributed by atoms with Crippen LogP contribution in [0.4, 0.5) is 0 Å². The smallest absolute Gasteiger partial charge is 0.00723 e. The SMILES string of the molecule is CCC1CCCC(NC(C)C2CC3CCC2C3)C1. The van der Waals surface area contributed by atoms with E-state index in [0.717, 1.165) is 35.8 Å². The Labute approximate surface area is 113 Å². The van der Waals surface area contributed by atoms with Gasteiger partial charge in [-0.05, 0) is 62.7 Å². The summed E-state index contributed by atoms with van der Waals surface area (Å²) in [6, 6.07) is 1.61. The summed E-state index contributed by atoms with van der Waals surface area (Å²) in [5.74, 6) is 4.18. The molecule has 3 aliphatic carbocycles. The fourth-order valence-electron chi connectivity index (χ4n) is 5.21. The lowest BCUT2D eigenvalue weighted by atomic mass is 9.81. The summed E-state index contributed by atoms with van der Waals surface area (Å²) in [5, 5.41) is 4.01. The van der Waals surface area contributed by atoms with E-state index in [-0.39, 0.29) is 0 Å². The Morgan fingerprint density at radius 3 is 2.61 bits per heavy atom. The maximum atomic E-state index is 4.01. The molecule has 1 nitrogen and oxygen atoms in total. The highest BCUT2D eigenvalue weighted by atomic mass is 15.0. The molecule has 3 saturated carbocycles. The third-order valence-electron chi connectivity index (χ3n) is 6.29. The summed E-state index contributed by atoms with van der Waals surface area (Å²) < 4.78 is 0. The van der Waals surface area contributed by atoms with Gasteiger partial charge in [-0.1, -0.05) is 32.6 Å². The molecule has 0 heterocycles. The van der Waals surface area contributed by atoms with Crippen LogP contribution in [-0.2, 0) is 0 Å². The first-order valence-corrected chi connectivity index (χ1v) is 8.52. The molecule has 3 fully saturated rings. The Kier molecular flexibility index (Phi) is 3.98. The molecule has 18 heavy (non-hydrogen) atoms. The average molecular weight is 249 g/mol. The van der Waals surface area contributed by atoms with Crippen molar-refractivity contribution in [2.45, 2.75) is 83.7 Å². The summed E-state index contributed by atoms with van der Waals surface area (Å²) in [6.45, 7) is 4.84. The zero-order chi connectivity index (χ0) is 12.5. The fraction of sp³-hybridized carbons (Fsp3) is 1.00. The first-order valence-electron chi connectivity index (χ1n) is 8.52. The van der Waals surface area contributed by atoms with E-state index in [1.807, 2.05) is 0 Å². The molecule has 0 aliphatic heterocycles. The van der Waals surface area contributed by atoms with Gasteiger partial charge in [-0.2, -0.15) is 0 Å². The second kappa shape index (κ2) is 5.53. The summed E-state index contributed by atoms with van der Waals surface area (Å²) in [4.78, 5) is 0. The highest BCUT2D eigenvalue weighted by Gasteiger charge is 2.42. The van der Waals surface area contributed by atoms with Gasteiger partial charge in [0.05, 0.1) is 0 Å². The van der Waals surface area contributed by atoms with Gasteiger partial charge in [-0.25, -0.2) is 0 Å². The highest BCUT2D eigenvalue weighted by molar-refractivity contribution is 4.95. The predicted molar refractivity (Wildman–Crippen MR) is 77.6 cm³/mol. The first-order chi connectivity index (χ1) is 8.76. The lowest BCUT2D eigenvalue weighted by Crippen LogP contribution is -2.44. The first kappa shape index (κ1) is 13.0. The Morgan fingerprint density at radius 2 is 1.94 bits per heavy atom. The summed E-state index contributed by atoms with van der Waals surface area (Å²) in [5.41, 5.74) is 0. The van der Waals surface area contributed by atoms with Gasteiger partial charge in [0.25, 0.3) is 0 Å². The summed E-state index contributed by atoms with van der Waals surface area (Å²) in [7, 11) is 0. The molecule has 0 aromatic heterocycles. The van der Waals surface area contributed by atoms with E-state index in [1.165, 1.54) is 51.4 Å². The predicted octanol–water partition coefficient (Wildman–Crippen LogP) is 4.37. The quantitative estimate of drug-likeness (QED) is 0.780. The molecule has 3 rings (SSSR count). The van der Waals surface area contributed by atoms with Crippen LogP contribution in [0.5, 0.6) is 0 Å². The van der Waals surface area contributed by atoms with Gasteiger partial charge >= 0.3 is 0 Å². The third-order valence-corrected chi connectivity index (χ3v) is 6.29. The lowest BCUT2D eigenvalue weighted by molar-refractivity contribution is 0.206. The van der Waals surface area contributed by atoms with Crippen LogP contribution in [-0.4, -0.2) is 12.1 Å². The van der Waals surface area contributed by atoms with E-state index >= 15 is 0 Å². The van der Waals surface area contributed by atoms with Crippen LogP contribution in [0, 0.1) is 23.7 Å².